The van der Waals surface area contributed by atoms with Crippen molar-refractivity contribution in [3.8, 4) is 0 Å². The summed E-state index contributed by atoms with van der Waals surface area (Å²) in [6.45, 7) is 6.55. The van der Waals surface area contributed by atoms with Gasteiger partial charge in [0.1, 0.15) is 18.3 Å². The smallest absolute Gasteiger partial charge is 0.320 e. The van der Waals surface area contributed by atoms with Crippen LogP contribution >= 0.6 is 0 Å². The zero-order valence-electron chi connectivity index (χ0n) is 13.7. The molecule has 1 aliphatic rings. The maximum atomic E-state index is 12.5. The summed E-state index contributed by atoms with van der Waals surface area (Å²) in [7, 11) is 0. The molecule has 1 fully saturated rings. The molecule has 3 heteroatoms. The van der Waals surface area contributed by atoms with E-state index in [9.17, 15) is 9.59 Å². The fraction of sp³-hybridized carbons (Fsp3) is 0.579. The van der Waals surface area contributed by atoms with E-state index in [-0.39, 0.29) is 6.10 Å². The van der Waals surface area contributed by atoms with Crippen molar-refractivity contribution in [2.75, 3.05) is 0 Å². The molecule has 0 unspecified atom stereocenters. The number of aldehydes is 1. The zero-order valence-corrected chi connectivity index (χ0v) is 13.7. The van der Waals surface area contributed by atoms with Crippen LogP contribution in [0.1, 0.15) is 51.5 Å². The average molecular weight is 302 g/mol. The van der Waals surface area contributed by atoms with E-state index < -0.39 is 11.9 Å². The van der Waals surface area contributed by atoms with Crippen molar-refractivity contribution in [1.29, 1.82) is 0 Å². The van der Waals surface area contributed by atoms with Gasteiger partial charge in [0.25, 0.3) is 0 Å². The quantitative estimate of drug-likeness (QED) is 0.469. The van der Waals surface area contributed by atoms with Crippen molar-refractivity contribution in [3.05, 3.63) is 35.9 Å². The maximum absolute atomic E-state index is 12.5. The van der Waals surface area contributed by atoms with Crippen LogP contribution < -0.4 is 0 Å². The first kappa shape index (κ1) is 16.7. The molecule has 0 amide bonds. The first-order valence-electron chi connectivity index (χ1n) is 8.23. The SMILES string of the molecule is CC(C)[C@H]1CC[C@@H](C)C[C@H]1OC(=O)[C@@H](C=O)c1ccccc1. The van der Waals surface area contributed by atoms with Gasteiger partial charge in [-0.05, 0) is 36.2 Å². The Morgan fingerprint density at radius 3 is 2.50 bits per heavy atom. The molecule has 0 radical (unpaired) electrons. The van der Waals surface area contributed by atoms with Crippen molar-refractivity contribution >= 4 is 12.3 Å². The Morgan fingerprint density at radius 1 is 1.23 bits per heavy atom. The molecule has 0 saturated heterocycles. The molecule has 0 aliphatic heterocycles. The van der Waals surface area contributed by atoms with Crippen LogP contribution in [0.4, 0.5) is 0 Å². The molecule has 4 atom stereocenters. The predicted octanol–water partition coefficient (Wildman–Crippen LogP) is 3.97. The molecule has 3 nitrogen and oxygen atoms in total. The summed E-state index contributed by atoms with van der Waals surface area (Å²) in [6, 6.07) is 9.12. The number of esters is 1. The van der Waals surface area contributed by atoms with E-state index in [2.05, 4.69) is 20.8 Å². The van der Waals surface area contributed by atoms with Gasteiger partial charge in [0.15, 0.2) is 0 Å². The molecule has 0 bridgehead atoms. The zero-order chi connectivity index (χ0) is 16.1. The van der Waals surface area contributed by atoms with Crippen molar-refractivity contribution in [2.45, 2.75) is 52.1 Å². The summed E-state index contributed by atoms with van der Waals surface area (Å²) in [5.41, 5.74) is 0.701. The Hall–Kier alpha value is -1.64. The fourth-order valence-corrected chi connectivity index (χ4v) is 3.40. The molecule has 1 aliphatic carbocycles. The van der Waals surface area contributed by atoms with Crippen LogP contribution in [0.5, 0.6) is 0 Å². The van der Waals surface area contributed by atoms with E-state index in [1.54, 1.807) is 12.1 Å². The monoisotopic (exact) mass is 302 g/mol. The predicted molar refractivity (Wildman–Crippen MR) is 86.5 cm³/mol. The van der Waals surface area contributed by atoms with Gasteiger partial charge in [-0.2, -0.15) is 0 Å². The van der Waals surface area contributed by atoms with Crippen molar-refractivity contribution < 1.29 is 14.3 Å². The third kappa shape index (κ3) is 3.96. The van der Waals surface area contributed by atoms with Gasteiger partial charge in [0, 0.05) is 0 Å². The van der Waals surface area contributed by atoms with Crippen LogP contribution in [0.3, 0.4) is 0 Å². The normalized spacial score (nSPS) is 26.5. The van der Waals surface area contributed by atoms with Crippen molar-refractivity contribution in [1.82, 2.24) is 0 Å². The third-order valence-electron chi connectivity index (χ3n) is 4.78. The molecule has 0 aromatic heterocycles. The third-order valence-corrected chi connectivity index (χ3v) is 4.78. The number of hydrogen-bond donors (Lipinski definition) is 0. The summed E-state index contributed by atoms with van der Waals surface area (Å²) in [4.78, 5) is 23.8. The van der Waals surface area contributed by atoms with Gasteiger partial charge in [-0.25, -0.2) is 0 Å². The summed E-state index contributed by atoms with van der Waals surface area (Å²) in [5, 5.41) is 0. The Labute approximate surface area is 133 Å². The highest BCUT2D eigenvalue weighted by molar-refractivity contribution is 5.94. The lowest BCUT2D eigenvalue weighted by Gasteiger charge is -2.37. The van der Waals surface area contributed by atoms with E-state index in [4.69, 9.17) is 4.74 Å². The lowest BCUT2D eigenvalue weighted by molar-refractivity contribution is -0.158. The maximum Gasteiger partial charge on any atom is 0.320 e. The molecule has 0 heterocycles. The van der Waals surface area contributed by atoms with Crippen LogP contribution in [-0.2, 0) is 14.3 Å². The van der Waals surface area contributed by atoms with Gasteiger partial charge in [-0.15, -0.1) is 0 Å². The number of hydrogen-bond acceptors (Lipinski definition) is 3. The highest BCUT2D eigenvalue weighted by Gasteiger charge is 2.35. The lowest BCUT2D eigenvalue weighted by Crippen LogP contribution is -2.37. The Morgan fingerprint density at radius 2 is 1.91 bits per heavy atom. The molecule has 1 aromatic carbocycles. The summed E-state index contributed by atoms with van der Waals surface area (Å²) in [5.74, 6) is 0.219. The molecule has 1 aromatic rings. The number of ether oxygens (including phenoxy) is 1. The van der Waals surface area contributed by atoms with Crippen LogP contribution in [0.15, 0.2) is 30.3 Å². The number of carbonyl (C=O) groups is 2. The Kier molecular flexibility index (Phi) is 5.76. The van der Waals surface area contributed by atoms with E-state index in [0.29, 0.717) is 29.6 Å². The standard InChI is InChI=1S/C19H26O3/c1-13(2)16-10-9-14(3)11-18(16)22-19(21)17(12-20)15-7-5-4-6-8-15/h4-8,12-14,16-18H,9-11H2,1-3H3/t14-,16-,17+,18-/m1/s1. The van der Waals surface area contributed by atoms with Crippen molar-refractivity contribution in [3.63, 3.8) is 0 Å². The lowest BCUT2D eigenvalue weighted by atomic mass is 9.75. The first-order valence-corrected chi connectivity index (χ1v) is 8.23. The second-order valence-electron chi connectivity index (χ2n) is 6.83. The molecule has 0 N–H and O–H groups in total. The number of benzene rings is 1. The molecule has 0 spiro atoms. The number of rotatable bonds is 5. The van der Waals surface area contributed by atoms with E-state index >= 15 is 0 Å². The van der Waals surface area contributed by atoms with Crippen LogP contribution in [0.2, 0.25) is 0 Å². The second-order valence-corrected chi connectivity index (χ2v) is 6.83. The molecular formula is C19H26O3. The summed E-state index contributed by atoms with van der Waals surface area (Å²) >= 11 is 0. The average Bonchev–Trinajstić information content (AvgIpc) is 2.48. The van der Waals surface area contributed by atoms with Crippen LogP contribution in [0, 0.1) is 17.8 Å². The van der Waals surface area contributed by atoms with Crippen LogP contribution in [0.25, 0.3) is 0 Å². The minimum atomic E-state index is -0.814. The molecular weight excluding hydrogens is 276 g/mol. The Balaban J connectivity index is 2.09. The highest BCUT2D eigenvalue weighted by atomic mass is 16.5. The first-order chi connectivity index (χ1) is 10.5. The highest BCUT2D eigenvalue weighted by Crippen LogP contribution is 2.36. The van der Waals surface area contributed by atoms with Gasteiger partial charge >= 0.3 is 5.97 Å². The van der Waals surface area contributed by atoms with Gasteiger partial charge in [-0.3, -0.25) is 4.79 Å². The van der Waals surface area contributed by atoms with E-state index in [1.165, 1.54) is 6.42 Å². The molecule has 2 rings (SSSR count). The van der Waals surface area contributed by atoms with Crippen molar-refractivity contribution in [2.24, 2.45) is 17.8 Å². The second kappa shape index (κ2) is 7.57. The summed E-state index contributed by atoms with van der Waals surface area (Å²) in [6.07, 6.45) is 3.80. The summed E-state index contributed by atoms with van der Waals surface area (Å²) < 4.78 is 5.77. The van der Waals surface area contributed by atoms with Gasteiger partial charge in [-0.1, -0.05) is 57.5 Å². The molecule has 1 saturated carbocycles. The fourth-order valence-electron chi connectivity index (χ4n) is 3.40. The van der Waals surface area contributed by atoms with Crippen LogP contribution in [-0.4, -0.2) is 18.4 Å². The topological polar surface area (TPSA) is 43.4 Å². The Bertz CT molecular complexity index is 495. The van der Waals surface area contributed by atoms with E-state index in [1.807, 2.05) is 18.2 Å². The van der Waals surface area contributed by atoms with Gasteiger partial charge in [0.05, 0.1) is 0 Å². The number of carbonyl (C=O) groups excluding carboxylic acids is 2. The van der Waals surface area contributed by atoms with Gasteiger partial charge in [0.2, 0.25) is 0 Å². The molecule has 120 valence electrons. The largest absolute Gasteiger partial charge is 0.461 e. The van der Waals surface area contributed by atoms with Gasteiger partial charge < -0.3 is 9.53 Å². The molecule has 22 heavy (non-hydrogen) atoms. The minimum Gasteiger partial charge on any atom is -0.461 e. The van der Waals surface area contributed by atoms with E-state index in [0.717, 1.165) is 12.8 Å². The minimum absolute atomic E-state index is 0.0672.